The SMILES string of the molecule is CCOc1ccccc1C(=O)c1ccco1. The summed E-state index contributed by atoms with van der Waals surface area (Å²) in [5, 5.41) is 0. The molecule has 2 aromatic rings. The molecule has 3 heteroatoms. The minimum absolute atomic E-state index is 0.158. The molecule has 0 saturated carbocycles. The van der Waals surface area contributed by atoms with Crippen molar-refractivity contribution in [2.24, 2.45) is 0 Å². The van der Waals surface area contributed by atoms with Crippen molar-refractivity contribution in [2.45, 2.75) is 6.92 Å². The predicted molar refractivity (Wildman–Crippen MR) is 59.8 cm³/mol. The second-order valence-electron chi connectivity index (χ2n) is 3.24. The van der Waals surface area contributed by atoms with Gasteiger partial charge in [0.1, 0.15) is 5.75 Å². The third-order valence-corrected chi connectivity index (χ3v) is 2.18. The van der Waals surface area contributed by atoms with Gasteiger partial charge in [0.05, 0.1) is 18.4 Å². The van der Waals surface area contributed by atoms with Crippen molar-refractivity contribution in [3.05, 3.63) is 54.0 Å². The Kier molecular flexibility index (Phi) is 3.05. The van der Waals surface area contributed by atoms with Crippen molar-refractivity contribution in [2.75, 3.05) is 6.61 Å². The topological polar surface area (TPSA) is 39.4 Å². The molecule has 1 aromatic carbocycles. The average Bonchev–Trinajstić information content (AvgIpc) is 2.83. The molecule has 82 valence electrons. The second kappa shape index (κ2) is 4.66. The summed E-state index contributed by atoms with van der Waals surface area (Å²) >= 11 is 0. The van der Waals surface area contributed by atoms with Crippen LogP contribution >= 0.6 is 0 Å². The zero-order valence-corrected chi connectivity index (χ0v) is 8.97. The Labute approximate surface area is 93.7 Å². The first-order valence-electron chi connectivity index (χ1n) is 5.13. The molecular formula is C13H12O3. The number of ketones is 1. The summed E-state index contributed by atoms with van der Waals surface area (Å²) in [6.07, 6.45) is 1.48. The zero-order chi connectivity index (χ0) is 11.4. The van der Waals surface area contributed by atoms with Crippen molar-refractivity contribution in [3.8, 4) is 5.75 Å². The van der Waals surface area contributed by atoms with Crippen LogP contribution in [0.3, 0.4) is 0 Å². The van der Waals surface area contributed by atoms with Gasteiger partial charge in [0, 0.05) is 0 Å². The number of hydrogen-bond donors (Lipinski definition) is 0. The van der Waals surface area contributed by atoms with Crippen molar-refractivity contribution < 1.29 is 13.9 Å². The van der Waals surface area contributed by atoms with Gasteiger partial charge in [0.2, 0.25) is 5.78 Å². The van der Waals surface area contributed by atoms with E-state index in [-0.39, 0.29) is 5.78 Å². The molecule has 3 nitrogen and oxygen atoms in total. The number of furan rings is 1. The van der Waals surface area contributed by atoms with Gasteiger partial charge in [-0.15, -0.1) is 0 Å². The molecular weight excluding hydrogens is 204 g/mol. The molecule has 16 heavy (non-hydrogen) atoms. The molecule has 0 unspecified atom stereocenters. The van der Waals surface area contributed by atoms with E-state index in [9.17, 15) is 4.79 Å². The third kappa shape index (κ3) is 1.98. The summed E-state index contributed by atoms with van der Waals surface area (Å²) in [7, 11) is 0. The lowest BCUT2D eigenvalue weighted by molar-refractivity contribution is 0.101. The van der Waals surface area contributed by atoms with E-state index in [1.54, 1.807) is 30.3 Å². The number of para-hydroxylation sites is 1. The van der Waals surface area contributed by atoms with Crippen LogP contribution in [-0.4, -0.2) is 12.4 Å². The van der Waals surface area contributed by atoms with Crippen LogP contribution in [0.2, 0.25) is 0 Å². The Morgan fingerprint density at radius 2 is 2.06 bits per heavy atom. The van der Waals surface area contributed by atoms with E-state index in [2.05, 4.69) is 0 Å². The van der Waals surface area contributed by atoms with E-state index in [1.807, 2.05) is 13.0 Å². The number of carbonyl (C=O) groups is 1. The lowest BCUT2D eigenvalue weighted by Crippen LogP contribution is -2.04. The van der Waals surface area contributed by atoms with Crippen LogP contribution in [-0.2, 0) is 0 Å². The molecule has 1 aromatic heterocycles. The van der Waals surface area contributed by atoms with Crippen molar-refractivity contribution in [1.29, 1.82) is 0 Å². The number of benzene rings is 1. The van der Waals surface area contributed by atoms with Gasteiger partial charge in [-0.1, -0.05) is 12.1 Å². The fraction of sp³-hybridized carbons (Fsp3) is 0.154. The fourth-order valence-electron chi connectivity index (χ4n) is 1.48. The summed E-state index contributed by atoms with van der Waals surface area (Å²) in [6.45, 7) is 2.41. The maximum atomic E-state index is 12.0. The van der Waals surface area contributed by atoms with Gasteiger partial charge >= 0.3 is 0 Å². The number of carbonyl (C=O) groups excluding carboxylic acids is 1. The highest BCUT2D eigenvalue weighted by molar-refractivity contribution is 6.08. The first-order chi connectivity index (χ1) is 7.83. The second-order valence-corrected chi connectivity index (χ2v) is 3.24. The average molecular weight is 216 g/mol. The van der Waals surface area contributed by atoms with Crippen LogP contribution in [0.4, 0.5) is 0 Å². The van der Waals surface area contributed by atoms with Gasteiger partial charge in [0.25, 0.3) is 0 Å². The Balaban J connectivity index is 2.36. The Morgan fingerprint density at radius 3 is 2.75 bits per heavy atom. The molecule has 0 aliphatic heterocycles. The zero-order valence-electron chi connectivity index (χ0n) is 8.97. The smallest absolute Gasteiger partial charge is 0.231 e. The number of rotatable bonds is 4. The van der Waals surface area contributed by atoms with Gasteiger partial charge in [-0.3, -0.25) is 4.79 Å². The fourth-order valence-corrected chi connectivity index (χ4v) is 1.48. The molecule has 0 spiro atoms. The van der Waals surface area contributed by atoms with Crippen LogP contribution in [0, 0.1) is 0 Å². The number of ether oxygens (including phenoxy) is 1. The van der Waals surface area contributed by atoms with E-state index in [0.717, 1.165) is 0 Å². The van der Waals surface area contributed by atoms with Crippen LogP contribution in [0.25, 0.3) is 0 Å². The molecule has 0 saturated heterocycles. The minimum atomic E-state index is -0.158. The van der Waals surface area contributed by atoms with Gasteiger partial charge in [-0.25, -0.2) is 0 Å². The van der Waals surface area contributed by atoms with E-state index < -0.39 is 0 Å². The molecule has 1 heterocycles. The molecule has 0 atom stereocenters. The standard InChI is InChI=1S/C13H12O3/c1-2-15-11-7-4-3-6-10(11)13(14)12-8-5-9-16-12/h3-9H,2H2,1H3. The van der Waals surface area contributed by atoms with Gasteiger partial charge in [-0.2, -0.15) is 0 Å². The summed E-state index contributed by atoms with van der Waals surface area (Å²) in [5.41, 5.74) is 0.527. The molecule has 0 radical (unpaired) electrons. The van der Waals surface area contributed by atoms with E-state index in [0.29, 0.717) is 23.7 Å². The molecule has 0 N–H and O–H groups in total. The minimum Gasteiger partial charge on any atom is -0.493 e. The normalized spacial score (nSPS) is 10.1. The highest BCUT2D eigenvalue weighted by Gasteiger charge is 2.15. The Morgan fingerprint density at radius 1 is 1.25 bits per heavy atom. The largest absolute Gasteiger partial charge is 0.493 e. The number of hydrogen-bond acceptors (Lipinski definition) is 3. The first-order valence-corrected chi connectivity index (χ1v) is 5.13. The van der Waals surface area contributed by atoms with E-state index in [1.165, 1.54) is 6.26 Å². The summed E-state index contributed by atoms with van der Waals surface area (Å²) < 4.78 is 10.5. The van der Waals surface area contributed by atoms with Gasteiger partial charge in [0.15, 0.2) is 5.76 Å². The van der Waals surface area contributed by atoms with Crippen molar-refractivity contribution in [3.63, 3.8) is 0 Å². The maximum Gasteiger partial charge on any atom is 0.231 e. The van der Waals surface area contributed by atoms with Crippen LogP contribution in [0.1, 0.15) is 23.0 Å². The molecule has 0 amide bonds. The highest BCUT2D eigenvalue weighted by Crippen LogP contribution is 2.21. The van der Waals surface area contributed by atoms with Gasteiger partial charge in [-0.05, 0) is 31.2 Å². The monoisotopic (exact) mass is 216 g/mol. The maximum absolute atomic E-state index is 12.0. The van der Waals surface area contributed by atoms with Crippen LogP contribution in [0.5, 0.6) is 5.75 Å². The highest BCUT2D eigenvalue weighted by atomic mass is 16.5. The molecule has 2 rings (SSSR count). The summed E-state index contributed by atoms with van der Waals surface area (Å²) in [5.74, 6) is 0.757. The summed E-state index contributed by atoms with van der Waals surface area (Å²) in [6, 6.07) is 10.5. The van der Waals surface area contributed by atoms with Crippen LogP contribution < -0.4 is 4.74 Å². The van der Waals surface area contributed by atoms with Crippen molar-refractivity contribution >= 4 is 5.78 Å². The quantitative estimate of drug-likeness (QED) is 0.737. The van der Waals surface area contributed by atoms with Gasteiger partial charge < -0.3 is 9.15 Å². The lowest BCUT2D eigenvalue weighted by atomic mass is 10.1. The lowest BCUT2D eigenvalue weighted by Gasteiger charge is -2.07. The molecule has 0 aliphatic carbocycles. The molecule has 0 bridgehead atoms. The first kappa shape index (κ1) is 10.5. The Hall–Kier alpha value is -2.03. The third-order valence-electron chi connectivity index (χ3n) is 2.18. The van der Waals surface area contributed by atoms with Crippen LogP contribution in [0.15, 0.2) is 47.1 Å². The summed E-state index contributed by atoms with van der Waals surface area (Å²) in [4.78, 5) is 12.0. The van der Waals surface area contributed by atoms with E-state index >= 15 is 0 Å². The molecule has 0 fully saturated rings. The van der Waals surface area contributed by atoms with Crippen molar-refractivity contribution in [1.82, 2.24) is 0 Å². The van der Waals surface area contributed by atoms with E-state index in [4.69, 9.17) is 9.15 Å². The predicted octanol–water partition coefficient (Wildman–Crippen LogP) is 2.91. The molecule has 0 aliphatic rings. The Bertz CT molecular complexity index is 472.